The molecule has 23 heavy (non-hydrogen) atoms. The summed E-state index contributed by atoms with van der Waals surface area (Å²) in [6.07, 6.45) is 3.29. The van der Waals surface area contributed by atoms with Crippen LogP contribution < -0.4 is 14.8 Å². The van der Waals surface area contributed by atoms with Gasteiger partial charge >= 0.3 is 0 Å². The summed E-state index contributed by atoms with van der Waals surface area (Å²) in [4.78, 5) is 8.35. The number of nitrogens with zero attached hydrogens (tertiary/aromatic N) is 4. The first-order valence-electron chi connectivity index (χ1n) is 7.03. The number of pyridine rings is 1. The minimum Gasteiger partial charge on any atom is -0.497 e. The van der Waals surface area contributed by atoms with Crippen LogP contribution in [0, 0.1) is 6.92 Å². The van der Waals surface area contributed by atoms with Crippen molar-refractivity contribution in [3.05, 3.63) is 48.4 Å². The third kappa shape index (κ3) is 3.23. The summed E-state index contributed by atoms with van der Waals surface area (Å²) in [5, 5.41) is 7.61. The zero-order valence-corrected chi connectivity index (χ0v) is 13.1. The Bertz CT molecular complexity index is 816. The maximum absolute atomic E-state index is 5.24. The van der Waals surface area contributed by atoms with Crippen LogP contribution in [0.15, 0.2) is 42.9 Å². The number of anilines is 2. The number of hydrogen-bond donors (Lipinski definition) is 1. The molecule has 0 aliphatic carbocycles. The lowest BCUT2D eigenvalue weighted by Crippen LogP contribution is -1.99. The Morgan fingerprint density at radius 3 is 2.70 bits per heavy atom. The van der Waals surface area contributed by atoms with Crippen molar-refractivity contribution in [2.45, 2.75) is 6.92 Å². The highest BCUT2D eigenvalue weighted by Gasteiger charge is 2.07. The molecule has 0 aliphatic rings. The van der Waals surface area contributed by atoms with Gasteiger partial charge in [-0.05, 0) is 24.6 Å². The van der Waals surface area contributed by atoms with Crippen molar-refractivity contribution in [3.63, 3.8) is 0 Å². The fourth-order valence-corrected chi connectivity index (χ4v) is 2.08. The molecule has 0 saturated heterocycles. The number of aromatic nitrogens is 4. The van der Waals surface area contributed by atoms with Crippen LogP contribution in [0.5, 0.6) is 11.6 Å². The van der Waals surface area contributed by atoms with E-state index in [4.69, 9.17) is 9.47 Å². The molecular weight excluding hydrogens is 294 g/mol. The molecule has 0 fully saturated rings. The van der Waals surface area contributed by atoms with Crippen LogP contribution in [0.3, 0.4) is 0 Å². The molecule has 1 aromatic carbocycles. The summed E-state index contributed by atoms with van der Waals surface area (Å²) in [5.41, 5.74) is 2.79. The number of methoxy groups -OCH3 is 2. The van der Waals surface area contributed by atoms with Crippen LogP contribution in [0.25, 0.3) is 5.69 Å². The summed E-state index contributed by atoms with van der Waals surface area (Å²) < 4.78 is 12.0. The van der Waals surface area contributed by atoms with E-state index < -0.39 is 0 Å². The van der Waals surface area contributed by atoms with Crippen LogP contribution in [0.4, 0.5) is 11.6 Å². The van der Waals surface area contributed by atoms with Crippen molar-refractivity contribution in [1.82, 2.24) is 19.7 Å². The molecule has 2 aromatic heterocycles. The van der Waals surface area contributed by atoms with Crippen molar-refractivity contribution >= 4 is 11.6 Å². The van der Waals surface area contributed by atoms with E-state index >= 15 is 0 Å². The zero-order chi connectivity index (χ0) is 16.2. The molecule has 0 radical (unpaired) electrons. The molecular formula is C16H17N5O2. The van der Waals surface area contributed by atoms with Gasteiger partial charge in [0.1, 0.15) is 12.1 Å². The van der Waals surface area contributed by atoms with E-state index in [1.165, 1.54) is 0 Å². The summed E-state index contributed by atoms with van der Waals surface area (Å²) in [5.74, 6) is 1.80. The third-order valence-corrected chi connectivity index (χ3v) is 3.38. The Balaban J connectivity index is 1.85. The lowest BCUT2D eigenvalue weighted by Gasteiger charge is -2.08. The molecule has 0 spiro atoms. The highest BCUT2D eigenvalue weighted by Crippen LogP contribution is 2.24. The Morgan fingerprint density at radius 2 is 1.91 bits per heavy atom. The number of hydrogen-bond acceptors (Lipinski definition) is 6. The fraction of sp³-hybridized carbons (Fsp3) is 0.188. The van der Waals surface area contributed by atoms with E-state index in [2.05, 4.69) is 20.4 Å². The minimum atomic E-state index is 0.497. The van der Waals surface area contributed by atoms with Gasteiger partial charge in [0.2, 0.25) is 11.8 Å². The van der Waals surface area contributed by atoms with Crippen LogP contribution in [-0.4, -0.2) is 34.0 Å². The normalized spacial score (nSPS) is 10.4. The van der Waals surface area contributed by atoms with E-state index in [1.54, 1.807) is 37.5 Å². The molecule has 0 aliphatic heterocycles. The van der Waals surface area contributed by atoms with E-state index in [1.807, 2.05) is 31.2 Å². The topological polar surface area (TPSA) is 74.1 Å². The Labute approximate surface area is 133 Å². The number of aryl methyl sites for hydroxylation is 1. The predicted octanol–water partition coefficient (Wildman–Crippen LogP) is 2.73. The largest absolute Gasteiger partial charge is 0.497 e. The van der Waals surface area contributed by atoms with Crippen molar-refractivity contribution in [3.8, 4) is 17.3 Å². The molecule has 7 heteroatoms. The lowest BCUT2D eigenvalue weighted by molar-refractivity contribution is 0.397. The van der Waals surface area contributed by atoms with Gasteiger partial charge < -0.3 is 14.8 Å². The van der Waals surface area contributed by atoms with E-state index in [0.29, 0.717) is 11.8 Å². The Hall–Kier alpha value is -3.09. The Morgan fingerprint density at radius 1 is 1.04 bits per heavy atom. The molecule has 3 rings (SSSR count). The second kappa shape index (κ2) is 6.35. The van der Waals surface area contributed by atoms with Gasteiger partial charge in [-0.2, -0.15) is 4.98 Å². The molecule has 118 valence electrons. The van der Waals surface area contributed by atoms with E-state index in [-0.39, 0.29) is 0 Å². The van der Waals surface area contributed by atoms with Crippen LogP contribution >= 0.6 is 0 Å². The highest BCUT2D eigenvalue weighted by molar-refractivity contribution is 5.60. The maximum Gasteiger partial charge on any atom is 0.246 e. The molecule has 3 aromatic rings. The number of rotatable bonds is 5. The van der Waals surface area contributed by atoms with Crippen molar-refractivity contribution in [2.24, 2.45) is 0 Å². The second-order valence-corrected chi connectivity index (χ2v) is 4.87. The van der Waals surface area contributed by atoms with Gasteiger partial charge in [-0.1, -0.05) is 6.07 Å². The zero-order valence-electron chi connectivity index (χ0n) is 13.1. The van der Waals surface area contributed by atoms with Gasteiger partial charge in [-0.25, -0.2) is 9.67 Å². The van der Waals surface area contributed by atoms with Gasteiger partial charge in [0.15, 0.2) is 0 Å². The average molecular weight is 311 g/mol. The molecule has 7 nitrogen and oxygen atoms in total. The summed E-state index contributed by atoms with van der Waals surface area (Å²) in [6.45, 7) is 2.01. The average Bonchev–Trinajstić information content (AvgIpc) is 3.05. The molecule has 0 amide bonds. The highest BCUT2D eigenvalue weighted by atomic mass is 16.5. The van der Waals surface area contributed by atoms with Crippen LogP contribution in [-0.2, 0) is 0 Å². The third-order valence-electron chi connectivity index (χ3n) is 3.38. The quantitative estimate of drug-likeness (QED) is 0.781. The molecule has 0 unspecified atom stereocenters. The first kappa shape index (κ1) is 14.8. The maximum atomic E-state index is 5.24. The smallest absolute Gasteiger partial charge is 0.246 e. The van der Waals surface area contributed by atoms with Crippen molar-refractivity contribution in [1.29, 1.82) is 0 Å². The Kier molecular flexibility index (Phi) is 4.09. The molecule has 0 atom stereocenters. The van der Waals surface area contributed by atoms with E-state index in [9.17, 15) is 0 Å². The standard InChI is InChI=1S/C16H17N5O2/c1-11-4-5-13(22-2)9-14(11)19-16-18-10-21(20-16)12-6-7-17-15(8-12)23-3/h4-10H,1-3H3,(H,19,20). The van der Waals surface area contributed by atoms with Crippen molar-refractivity contribution in [2.75, 3.05) is 19.5 Å². The number of benzene rings is 1. The monoisotopic (exact) mass is 311 g/mol. The van der Waals surface area contributed by atoms with Gasteiger partial charge in [0.25, 0.3) is 0 Å². The lowest BCUT2D eigenvalue weighted by atomic mass is 10.2. The second-order valence-electron chi connectivity index (χ2n) is 4.87. The summed E-state index contributed by atoms with van der Waals surface area (Å²) in [7, 11) is 3.21. The SMILES string of the molecule is COc1ccc(C)c(Nc2ncn(-c3ccnc(OC)c3)n2)c1. The van der Waals surface area contributed by atoms with Gasteiger partial charge in [0.05, 0.1) is 19.9 Å². The minimum absolute atomic E-state index is 0.497. The first-order chi connectivity index (χ1) is 11.2. The summed E-state index contributed by atoms with van der Waals surface area (Å²) in [6, 6.07) is 9.42. The van der Waals surface area contributed by atoms with Gasteiger partial charge in [-0.3, -0.25) is 0 Å². The molecule has 0 saturated carbocycles. The van der Waals surface area contributed by atoms with Gasteiger partial charge in [0, 0.05) is 24.0 Å². The van der Waals surface area contributed by atoms with Crippen molar-refractivity contribution < 1.29 is 9.47 Å². The van der Waals surface area contributed by atoms with E-state index in [0.717, 1.165) is 22.7 Å². The number of ether oxygens (including phenoxy) is 2. The van der Waals surface area contributed by atoms with Gasteiger partial charge in [-0.15, -0.1) is 5.10 Å². The predicted molar refractivity (Wildman–Crippen MR) is 86.7 cm³/mol. The molecule has 0 bridgehead atoms. The van der Waals surface area contributed by atoms with Crippen LogP contribution in [0.2, 0.25) is 0 Å². The number of nitrogens with one attached hydrogen (secondary N) is 1. The first-order valence-corrected chi connectivity index (χ1v) is 7.03. The fourth-order valence-electron chi connectivity index (χ4n) is 2.08. The molecule has 2 heterocycles. The van der Waals surface area contributed by atoms with Crippen LogP contribution in [0.1, 0.15) is 5.56 Å². The molecule has 1 N–H and O–H groups in total. The summed E-state index contributed by atoms with van der Waals surface area (Å²) >= 11 is 0.